The zero-order valence-electron chi connectivity index (χ0n) is 19.0. The number of piperidine rings is 1. The summed E-state index contributed by atoms with van der Waals surface area (Å²) in [6.45, 7) is 3.80. The maximum atomic E-state index is 13.3. The molecule has 0 spiro atoms. The molecule has 2 N–H and O–H groups in total. The number of fused-ring (bicyclic) bond motifs is 1. The molecule has 10 heteroatoms. The molecule has 3 amide bonds. The Morgan fingerprint density at radius 3 is 2.91 bits per heavy atom. The molecule has 1 atom stereocenters. The molecule has 0 saturated carbocycles. The fourth-order valence-electron chi connectivity index (χ4n) is 3.91. The minimum Gasteiger partial charge on any atom is -0.454 e. The van der Waals surface area contributed by atoms with Crippen LogP contribution in [0.15, 0.2) is 41.6 Å². The molecule has 180 valence electrons. The quantitative estimate of drug-likeness (QED) is 0.555. The normalized spacial score (nSPS) is 16.7. The Bertz CT molecular complexity index is 1060. The number of rotatable bonds is 8. The van der Waals surface area contributed by atoms with Gasteiger partial charge in [-0.15, -0.1) is 0 Å². The molecule has 1 fully saturated rings. The van der Waals surface area contributed by atoms with Gasteiger partial charge in [-0.05, 0) is 43.5 Å². The van der Waals surface area contributed by atoms with E-state index in [1.807, 2.05) is 6.92 Å². The van der Waals surface area contributed by atoms with Gasteiger partial charge in [0.1, 0.15) is 5.03 Å². The van der Waals surface area contributed by atoms with Crippen LogP contribution in [0.25, 0.3) is 0 Å². The number of nitrogens with zero attached hydrogens (tertiary/aromatic N) is 2. The van der Waals surface area contributed by atoms with Gasteiger partial charge in [-0.3, -0.25) is 14.4 Å². The number of hydrogen-bond donors (Lipinski definition) is 2. The van der Waals surface area contributed by atoms with Crippen LogP contribution in [0.4, 0.5) is 5.69 Å². The van der Waals surface area contributed by atoms with E-state index in [9.17, 15) is 14.4 Å². The van der Waals surface area contributed by atoms with E-state index in [1.54, 1.807) is 41.4 Å². The Hall–Kier alpha value is -3.27. The van der Waals surface area contributed by atoms with Crippen LogP contribution in [0.2, 0.25) is 0 Å². The lowest BCUT2D eigenvalue weighted by Gasteiger charge is -2.32. The smallest absolute Gasteiger partial charge is 0.256 e. The van der Waals surface area contributed by atoms with Crippen LogP contribution in [0.3, 0.4) is 0 Å². The van der Waals surface area contributed by atoms with Crippen LogP contribution < -0.4 is 20.1 Å². The highest BCUT2D eigenvalue weighted by molar-refractivity contribution is 8.00. The van der Waals surface area contributed by atoms with Crippen molar-refractivity contribution in [3.05, 3.63) is 42.1 Å². The second-order valence-electron chi connectivity index (χ2n) is 8.14. The third kappa shape index (κ3) is 5.80. The van der Waals surface area contributed by atoms with Crippen molar-refractivity contribution in [2.24, 2.45) is 5.92 Å². The van der Waals surface area contributed by atoms with Crippen molar-refractivity contribution >= 4 is 35.2 Å². The third-order valence-corrected chi connectivity index (χ3v) is 6.63. The summed E-state index contributed by atoms with van der Waals surface area (Å²) in [5, 5.41) is 6.24. The first kappa shape index (κ1) is 23.9. The molecule has 0 bridgehead atoms. The van der Waals surface area contributed by atoms with Crippen molar-refractivity contribution in [2.45, 2.75) is 31.2 Å². The summed E-state index contributed by atoms with van der Waals surface area (Å²) in [5.74, 6) is 0.731. The Balaban J connectivity index is 1.36. The number of likely N-dealkylation sites (tertiary alicyclic amines) is 1. The number of anilines is 1. The number of hydrogen-bond acceptors (Lipinski definition) is 7. The van der Waals surface area contributed by atoms with Crippen molar-refractivity contribution in [2.75, 3.05) is 37.5 Å². The molecule has 9 nitrogen and oxygen atoms in total. The molecule has 0 aliphatic carbocycles. The lowest BCUT2D eigenvalue weighted by molar-refractivity contribution is -0.126. The lowest BCUT2D eigenvalue weighted by Crippen LogP contribution is -2.45. The van der Waals surface area contributed by atoms with Gasteiger partial charge in [0.25, 0.3) is 5.91 Å². The van der Waals surface area contributed by atoms with Gasteiger partial charge in [0.15, 0.2) is 11.5 Å². The predicted molar refractivity (Wildman–Crippen MR) is 128 cm³/mol. The van der Waals surface area contributed by atoms with Crippen LogP contribution >= 0.6 is 11.8 Å². The van der Waals surface area contributed by atoms with E-state index in [0.717, 1.165) is 19.3 Å². The van der Waals surface area contributed by atoms with Crippen LogP contribution in [0.1, 0.15) is 36.5 Å². The maximum Gasteiger partial charge on any atom is 0.256 e. The van der Waals surface area contributed by atoms with E-state index in [0.29, 0.717) is 47.4 Å². The van der Waals surface area contributed by atoms with Gasteiger partial charge in [0, 0.05) is 37.6 Å². The van der Waals surface area contributed by atoms with Crippen molar-refractivity contribution in [1.29, 1.82) is 0 Å². The summed E-state index contributed by atoms with van der Waals surface area (Å²) in [6, 6.07) is 8.63. The first-order valence-electron chi connectivity index (χ1n) is 11.4. The van der Waals surface area contributed by atoms with Gasteiger partial charge in [0.2, 0.25) is 18.6 Å². The number of aromatic nitrogens is 1. The lowest BCUT2D eigenvalue weighted by atomic mass is 9.96. The number of benzene rings is 1. The molecule has 3 heterocycles. The maximum absolute atomic E-state index is 13.3. The highest BCUT2D eigenvalue weighted by Gasteiger charge is 2.30. The second-order valence-corrected chi connectivity index (χ2v) is 9.11. The monoisotopic (exact) mass is 484 g/mol. The number of amides is 3. The minimum atomic E-state index is -0.224. The van der Waals surface area contributed by atoms with E-state index in [-0.39, 0.29) is 36.2 Å². The molecule has 1 unspecified atom stereocenters. The molecule has 1 aromatic heterocycles. The highest BCUT2D eigenvalue weighted by Crippen LogP contribution is 2.34. The number of nitrogens with one attached hydrogen (secondary N) is 2. The molecule has 2 aliphatic heterocycles. The van der Waals surface area contributed by atoms with Gasteiger partial charge in [-0.25, -0.2) is 4.98 Å². The standard InChI is InChI=1S/C24H28N4O5S/c1-2-9-25-22(30)16-5-4-11-28(13-16)24(31)18-6-3-10-26-23(18)34-14-21(29)27-17-7-8-19-20(12-17)33-15-32-19/h3,6-8,10,12,16H,2,4-5,9,11,13-15H2,1H3,(H,25,30)(H,27,29). The topological polar surface area (TPSA) is 110 Å². The Morgan fingerprint density at radius 2 is 2.06 bits per heavy atom. The van der Waals surface area contributed by atoms with Gasteiger partial charge in [0.05, 0.1) is 17.2 Å². The summed E-state index contributed by atoms with van der Waals surface area (Å²) in [5.41, 5.74) is 1.05. The first-order chi connectivity index (χ1) is 16.5. The molecule has 4 rings (SSSR count). The van der Waals surface area contributed by atoms with Crippen LogP contribution in [-0.4, -0.2) is 59.8 Å². The third-order valence-electron chi connectivity index (χ3n) is 5.63. The van der Waals surface area contributed by atoms with E-state index in [1.165, 1.54) is 11.8 Å². The number of carbonyl (C=O) groups excluding carboxylic acids is 3. The number of pyridine rings is 1. The molecule has 0 radical (unpaired) electrons. The second kappa shape index (κ2) is 11.2. The number of thioether (sulfide) groups is 1. The molecule has 34 heavy (non-hydrogen) atoms. The van der Waals surface area contributed by atoms with E-state index >= 15 is 0 Å². The SMILES string of the molecule is CCCNC(=O)C1CCCN(C(=O)c2cccnc2SCC(=O)Nc2ccc3c(c2)OCO3)C1. The van der Waals surface area contributed by atoms with Crippen molar-refractivity contribution in [3.63, 3.8) is 0 Å². The summed E-state index contributed by atoms with van der Waals surface area (Å²) >= 11 is 1.20. The van der Waals surface area contributed by atoms with Crippen LogP contribution in [-0.2, 0) is 9.59 Å². The zero-order chi connectivity index (χ0) is 23.9. The zero-order valence-corrected chi connectivity index (χ0v) is 19.9. The van der Waals surface area contributed by atoms with Crippen LogP contribution in [0, 0.1) is 5.92 Å². The van der Waals surface area contributed by atoms with Gasteiger partial charge in [-0.1, -0.05) is 18.7 Å². The average Bonchev–Trinajstić information content (AvgIpc) is 3.34. The van der Waals surface area contributed by atoms with E-state index in [4.69, 9.17) is 9.47 Å². The largest absolute Gasteiger partial charge is 0.454 e. The van der Waals surface area contributed by atoms with Crippen molar-refractivity contribution < 1.29 is 23.9 Å². The van der Waals surface area contributed by atoms with Crippen molar-refractivity contribution in [1.82, 2.24) is 15.2 Å². The summed E-state index contributed by atoms with van der Waals surface area (Å²) in [6.07, 6.45) is 4.02. The number of ether oxygens (including phenoxy) is 2. The molecule has 1 aromatic carbocycles. The fraction of sp³-hybridized carbons (Fsp3) is 0.417. The van der Waals surface area contributed by atoms with Gasteiger partial charge in [-0.2, -0.15) is 0 Å². The predicted octanol–water partition coefficient (Wildman–Crippen LogP) is 2.92. The van der Waals surface area contributed by atoms with E-state index < -0.39 is 0 Å². The molecular formula is C24H28N4O5S. The average molecular weight is 485 g/mol. The Morgan fingerprint density at radius 1 is 1.21 bits per heavy atom. The number of carbonyl (C=O) groups is 3. The van der Waals surface area contributed by atoms with Crippen LogP contribution in [0.5, 0.6) is 11.5 Å². The first-order valence-corrected chi connectivity index (χ1v) is 12.4. The minimum absolute atomic E-state index is 0.000300. The summed E-state index contributed by atoms with van der Waals surface area (Å²) in [4.78, 5) is 44.2. The summed E-state index contributed by atoms with van der Waals surface area (Å²) in [7, 11) is 0. The van der Waals surface area contributed by atoms with Gasteiger partial charge >= 0.3 is 0 Å². The Labute approximate surface area is 202 Å². The molecule has 2 aromatic rings. The molecule has 2 aliphatic rings. The molecular weight excluding hydrogens is 456 g/mol. The fourth-order valence-corrected chi connectivity index (χ4v) is 4.70. The highest BCUT2D eigenvalue weighted by atomic mass is 32.2. The Kier molecular flexibility index (Phi) is 7.89. The van der Waals surface area contributed by atoms with Gasteiger partial charge < -0.3 is 25.0 Å². The summed E-state index contributed by atoms with van der Waals surface area (Å²) < 4.78 is 10.6. The van der Waals surface area contributed by atoms with E-state index in [2.05, 4.69) is 15.6 Å². The molecule has 1 saturated heterocycles. The van der Waals surface area contributed by atoms with Crippen molar-refractivity contribution in [3.8, 4) is 11.5 Å².